The molecule has 5 nitrogen and oxygen atoms in total. The van der Waals surface area contributed by atoms with Crippen LogP contribution in [-0.2, 0) is 6.61 Å². The van der Waals surface area contributed by atoms with Crippen molar-refractivity contribution in [3.63, 3.8) is 0 Å². The lowest BCUT2D eigenvalue weighted by Crippen LogP contribution is -2.02. The number of benzene rings is 1. The van der Waals surface area contributed by atoms with E-state index < -0.39 is 0 Å². The van der Waals surface area contributed by atoms with Crippen LogP contribution in [0, 0.1) is 18.3 Å². The smallest absolute Gasteiger partial charge is 0.233 e. The summed E-state index contributed by atoms with van der Waals surface area (Å²) in [6, 6.07) is 15.9. The van der Waals surface area contributed by atoms with Crippen molar-refractivity contribution in [1.29, 1.82) is 5.26 Å². The third kappa shape index (κ3) is 4.05. The van der Waals surface area contributed by atoms with Crippen LogP contribution in [0.3, 0.4) is 0 Å². The zero-order valence-electron chi connectivity index (χ0n) is 15.6. The summed E-state index contributed by atoms with van der Waals surface area (Å²) in [5.41, 5.74) is 4.75. The number of rotatable bonds is 6. The summed E-state index contributed by atoms with van der Waals surface area (Å²) in [6.07, 6.45) is 3.20. The fourth-order valence-corrected chi connectivity index (χ4v) is 4.10. The highest BCUT2D eigenvalue weighted by Crippen LogP contribution is 2.35. The Labute approximate surface area is 176 Å². The van der Waals surface area contributed by atoms with Crippen molar-refractivity contribution in [1.82, 2.24) is 4.98 Å². The first-order chi connectivity index (χ1) is 14.2. The summed E-state index contributed by atoms with van der Waals surface area (Å²) < 4.78 is 11.2. The predicted molar refractivity (Wildman–Crippen MR) is 116 cm³/mol. The first kappa shape index (κ1) is 19.3. The van der Waals surface area contributed by atoms with Crippen LogP contribution in [0.25, 0.3) is 21.7 Å². The second-order valence-electron chi connectivity index (χ2n) is 6.34. The molecule has 0 bridgehead atoms. The Morgan fingerprint density at radius 1 is 1.28 bits per heavy atom. The van der Waals surface area contributed by atoms with Gasteiger partial charge in [0.1, 0.15) is 18.2 Å². The van der Waals surface area contributed by atoms with E-state index >= 15 is 0 Å². The fraction of sp³-hybridized carbons (Fsp3) is 0.0909. The highest BCUT2D eigenvalue weighted by Gasteiger charge is 2.18. The van der Waals surface area contributed by atoms with E-state index in [9.17, 15) is 5.26 Å². The average molecular weight is 420 g/mol. The minimum atomic E-state index is 0.286. The van der Waals surface area contributed by atoms with Crippen LogP contribution in [0.2, 0.25) is 0 Å². The maximum absolute atomic E-state index is 9.82. The molecule has 4 rings (SSSR count). The second-order valence-corrected chi connectivity index (χ2v) is 7.97. The zero-order chi connectivity index (χ0) is 20.2. The van der Waals surface area contributed by atoms with Gasteiger partial charge in [0.15, 0.2) is 0 Å². The summed E-state index contributed by atoms with van der Waals surface area (Å²) in [5, 5.41) is 17.5. The van der Waals surface area contributed by atoms with E-state index in [1.165, 1.54) is 11.9 Å². The van der Waals surface area contributed by atoms with Crippen molar-refractivity contribution in [2.24, 2.45) is 5.14 Å². The number of aryl methyl sites for hydroxylation is 1. The molecule has 0 atom stereocenters. The molecular weight excluding hydrogens is 402 g/mol. The largest absolute Gasteiger partial charge is 0.472 e. The van der Waals surface area contributed by atoms with Gasteiger partial charge in [-0.3, -0.25) is 5.14 Å². The van der Waals surface area contributed by atoms with Crippen LogP contribution in [0.15, 0.2) is 69.7 Å². The van der Waals surface area contributed by atoms with E-state index in [0.29, 0.717) is 11.4 Å². The van der Waals surface area contributed by atoms with Gasteiger partial charge in [0.25, 0.3) is 0 Å². The summed E-state index contributed by atoms with van der Waals surface area (Å²) in [4.78, 5) is 6.63. The Balaban J connectivity index is 1.74. The highest BCUT2D eigenvalue weighted by molar-refractivity contribution is 7.97. The van der Waals surface area contributed by atoms with Gasteiger partial charge in [-0.05, 0) is 59.6 Å². The highest BCUT2D eigenvalue weighted by atomic mass is 32.2. The molecule has 144 valence electrons. The molecule has 0 aliphatic carbocycles. The molecule has 0 radical (unpaired) electrons. The molecule has 1 aromatic carbocycles. The normalized spacial score (nSPS) is 10.7. The van der Waals surface area contributed by atoms with Crippen molar-refractivity contribution >= 4 is 23.3 Å². The van der Waals surface area contributed by atoms with Gasteiger partial charge >= 0.3 is 0 Å². The molecule has 0 aliphatic rings. The number of ether oxygens (including phenoxy) is 1. The summed E-state index contributed by atoms with van der Waals surface area (Å²) in [7, 11) is 0. The molecule has 3 heterocycles. The van der Waals surface area contributed by atoms with Gasteiger partial charge in [0.2, 0.25) is 5.88 Å². The van der Waals surface area contributed by atoms with Crippen molar-refractivity contribution in [2.45, 2.75) is 18.4 Å². The van der Waals surface area contributed by atoms with Gasteiger partial charge < -0.3 is 9.15 Å². The zero-order valence-corrected chi connectivity index (χ0v) is 17.2. The molecule has 0 spiro atoms. The number of hydrogen-bond donors (Lipinski definition) is 1. The van der Waals surface area contributed by atoms with Crippen LogP contribution >= 0.6 is 23.3 Å². The maximum atomic E-state index is 9.82. The third-order valence-electron chi connectivity index (χ3n) is 4.46. The van der Waals surface area contributed by atoms with E-state index in [2.05, 4.69) is 11.1 Å². The minimum absolute atomic E-state index is 0.286. The summed E-state index contributed by atoms with van der Waals surface area (Å²) >= 11 is 2.79. The number of nitriles is 1. The van der Waals surface area contributed by atoms with E-state index in [1.807, 2.05) is 54.8 Å². The van der Waals surface area contributed by atoms with E-state index in [4.69, 9.17) is 14.3 Å². The van der Waals surface area contributed by atoms with Crippen molar-refractivity contribution in [3.8, 4) is 33.6 Å². The topological polar surface area (TPSA) is 85.1 Å². The molecule has 29 heavy (non-hydrogen) atoms. The van der Waals surface area contributed by atoms with Crippen molar-refractivity contribution in [2.75, 3.05) is 0 Å². The molecule has 0 fully saturated rings. The lowest BCUT2D eigenvalue weighted by Gasteiger charge is -2.13. The van der Waals surface area contributed by atoms with Gasteiger partial charge in [-0.1, -0.05) is 18.2 Å². The van der Waals surface area contributed by atoms with Crippen LogP contribution in [0.1, 0.15) is 16.7 Å². The molecule has 0 aliphatic heterocycles. The van der Waals surface area contributed by atoms with E-state index in [0.717, 1.165) is 37.7 Å². The Morgan fingerprint density at radius 3 is 2.86 bits per heavy atom. The third-order valence-corrected chi connectivity index (χ3v) is 6.05. The van der Waals surface area contributed by atoms with Crippen LogP contribution in [-0.4, -0.2) is 4.98 Å². The molecule has 0 saturated heterocycles. The lowest BCUT2D eigenvalue weighted by atomic mass is 10.0. The van der Waals surface area contributed by atoms with Crippen molar-refractivity contribution < 1.29 is 9.15 Å². The summed E-state index contributed by atoms with van der Waals surface area (Å²) in [5.74, 6) is 0.303. The second kappa shape index (κ2) is 8.53. The molecule has 3 aromatic heterocycles. The van der Waals surface area contributed by atoms with Crippen LogP contribution in [0.5, 0.6) is 5.88 Å². The number of thiophene rings is 1. The molecule has 0 amide bonds. The Bertz CT molecular complexity index is 1160. The van der Waals surface area contributed by atoms with Crippen LogP contribution in [0.4, 0.5) is 0 Å². The van der Waals surface area contributed by atoms with Gasteiger partial charge in [0.05, 0.1) is 23.1 Å². The Morgan fingerprint density at radius 2 is 2.17 bits per heavy atom. The molecule has 4 aromatic rings. The van der Waals surface area contributed by atoms with Gasteiger partial charge in [-0.25, -0.2) is 4.98 Å². The molecule has 2 N–H and O–H groups in total. The maximum Gasteiger partial charge on any atom is 0.233 e. The Hall–Kier alpha value is -3.05. The minimum Gasteiger partial charge on any atom is -0.472 e. The molecule has 0 unspecified atom stereocenters. The number of nitrogens with two attached hydrogens (primary N) is 1. The lowest BCUT2D eigenvalue weighted by molar-refractivity contribution is 0.293. The predicted octanol–water partition coefficient (Wildman–Crippen LogP) is 5.80. The first-order valence-corrected chi connectivity index (χ1v) is 10.6. The van der Waals surface area contributed by atoms with E-state index in [-0.39, 0.29) is 6.61 Å². The molecule has 7 heteroatoms. The number of aromatic nitrogens is 1. The standard InChI is InChI=1S/C22H17N3O2S2/c1-14-4-5-15(9-21(14)29-24)12-27-22-18(11-23)17(16-6-7-26-13-16)10-19(25-22)20-3-2-8-28-20/h2-10,13H,12,24H2,1H3. The van der Waals surface area contributed by atoms with Gasteiger partial charge in [-0.15, -0.1) is 11.3 Å². The SMILES string of the molecule is Cc1ccc(COc2nc(-c3cccs3)cc(-c3ccoc3)c2C#N)cc1SN. The molecule has 0 saturated carbocycles. The Kier molecular flexibility index (Phi) is 5.67. The number of furan rings is 1. The van der Waals surface area contributed by atoms with Gasteiger partial charge in [0, 0.05) is 16.0 Å². The number of nitrogens with zero attached hydrogens (tertiary/aromatic N) is 2. The monoisotopic (exact) mass is 419 g/mol. The van der Waals surface area contributed by atoms with E-state index in [1.54, 1.807) is 23.9 Å². The quantitative estimate of drug-likeness (QED) is 0.398. The average Bonchev–Trinajstić information content (AvgIpc) is 3.46. The first-order valence-electron chi connectivity index (χ1n) is 8.80. The van der Waals surface area contributed by atoms with Crippen LogP contribution < -0.4 is 9.88 Å². The fourth-order valence-electron chi connectivity index (χ4n) is 2.94. The van der Waals surface area contributed by atoms with Crippen molar-refractivity contribution in [3.05, 3.63) is 77.1 Å². The summed E-state index contributed by atoms with van der Waals surface area (Å²) in [6.45, 7) is 2.30. The van der Waals surface area contributed by atoms with Gasteiger partial charge in [-0.2, -0.15) is 5.26 Å². The number of hydrogen-bond acceptors (Lipinski definition) is 7. The molecular formula is C22H17N3O2S2. The number of pyridine rings is 1.